The van der Waals surface area contributed by atoms with E-state index in [4.69, 9.17) is 4.74 Å². The number of carbonyl (C=O) groups is 2. The van der Waals surface area contributed by atoms with Gasteiger partial charge in [0, 0.05) is 17.7 Å². The molecule has 6 nitrogen and oxygen atoms in total. The van der Waals surface area contributed by atoms with E-state index >= 15 is 0 Å². The van der Waals surface area contributed by atoms with Gasteiger partial charge in [0.15, 0.2) is 0 Å². The Morgan fingerprint density at radius 2 is 1.66 bits per heavy atom. The minimum absolute atomic E-state index is 0.0784. The second-order valence-electron chi connectivity index (χ2n) is 6.17. The zero-order chi connectivity index (χ0) is 20.5. The Hall–Kier alpha value is -3.93. The monoisotopic (exact) mass is 387 g/mol. The van der Waals surface area contributed by atoms with Crippen LogP contribution < -0.4 is 15.5 Å². The third kappa shape index (κ3) is 6.04. The number of hydrogen-bond acceptors (Lipinski definition) is 4. The number of benzene rings is 3. The third-order valence-corrected chi connectivity index (χ3v) is 3.97. The van der Waals surface area contributed by atoms with Crippen LogP contribution in [0.3, 0.4) is 0 Å². The summed E-state index contributed by atoms with van der Waals surface area (Å²) in [6.07, 6.45) is 1.94. The lowest BCUT2D eigenvalue weighted by atomic mass is 10.2. The van der Waals surface area contributed by atoms with Crippen molar-refractivity contribution in [2.45, 2.75) is 13.3 Å². The van der Waals surface area contributed by atoms with Gasteiger partial charge < -0.3 is 10.1 Å². The van der Waals surface area contributed by atoms with Crippen molar-refractivity contribution in [3.63, 3.8) is 0 Å². The first-order valence-corrected chi connectivity index (χ1v) is 9.20. The first-order valence-electron chi connectivity index (χ1n) is 9.20. The van der Waals surface area contributed by atoms with Crippen LogP contribution in [-0.4, -0.2) is 18.0 Å². The molecule has 0 aromatic heterocycles. The van der Waals surface area contributed by atoms with Crippen LogP contribution in [-0.2, 0) is 4.79 Å². The maximum absolute atomic E-state index is 12.2. The van der Waals surface area contributed by atoms with Crippen molar-refractivity contribution in [3.05, 3.63) is 90.0 Å². The standard InChI is InChI=1S/C23H21N3O3/c1-2-22(27)25-19-13-11-18(12-14-19)23(28)26-24-16-17-7-6-10-21(15-17)29-20-8-4-3-5-9-20/h3-16H,2H2,1H3,(H,25,27)(H,26,28)/b24-16-. The molecule has 3 rings (SSSR count). The molecule has 2 N–H and O–H groups in total. The van der Waals surface area contributed by atoms with Crippen molar-refractivity contribution in [2.24, 2.45) is 5.10 Å². The largest absolute Gasteiger partial charge is 0.457 e. The number of hydrogen-bond donors (Lipinski definition) is 2. The number of ether oxygens (including phenoxy) is 1. The highest BCUT2D eigenvalue weighted by atomic mass is 16.5. The average Bonchev–Trinajstić information content (AvgIpc) is 2.75. The van der Waals surface area contributed by atoms with Gasteiger partial charge in [-0.3, -0.25) is 9.59 Å². The van der Waals surface area contributed by atoms with E-state index in [1.165, 1.54) is 0 Å². The molecule has 0 atom stereocenters. The van der Waals surface area contributed by atoms with Crippen molar-refractivity contribution >= 4 is 23.7 Å². The topological polar surface area (TPSA) is 79.8 Å². The Morgan fingerprint density at radius 1 is 0.931 bits per heavy atom. The molecular formula is C23H21N3O3. The van der Waals surface area contributed by atoms with Gasteiger partial charge in [-0.15, -0.1) is 0 Å². The van der Waals surface area contributed by atoms with Gasteiger partial charge in [-0.1, -0.05) is 37.3 Å². The number of carbonyl (C=O) groups excluding carboxylic acids is 2. The van der Waals surface area contributed by atoms with Gasteiger partial charge in [-0.2, -0.15) is 5.10 Å². The zero-order valence-corrected chi connectivity index (χ0v) is 16.0. The highest BCUT2D eigenvalue weighted by molar-refractivity contribution is 5.96. The third-order valence-electron chi connectivity index (χ3n) is 3.97. The number of nitrogens with zero attached hydrogens (tertiary/aromatic N) is 1. The fraction of sp³-hybridized carbons (Fsp3) is 0.0870. The Kier molecular flexibility index (Phi) is 6.73. The van der Waals surface area contributed by atoms with Crippen LogP contribution in [0, 0.1) is 0 Å². The van der Waals surface area contributed by atoms with Gasteiger partial charge in [0.25, 0.3) is 5.91 Å². The predicted octanol–water partition coefficient (Wildman–Crippen LogP) is 4.59. The van der Waals surface area contributed by atoms with E-state index in [1.54, 1.807) is 37.4 Å². The summed E-state index contributed by atoms with van der Waals surface area (Å²) in [7, 11) is 0. The van der Waals surface area contributed by atoms with E-state index in [9.17, 15) is 9.59 Å². The molecule has 0 aliphatic carbocycles. The molecule has 3 aromatic carbocycles. The molecule has 0 spiro atoms. The van der Waals surface area contributed by atoms with Gasteiger partial charge in [0.05, 0.1) is 6.21 Å². The molecule has 146 valence electrons. The van der Waals surface area contributed by atoms with Crippen LogP contribution in [0.5, 0.6) is 11.5 Å². The summed E-state index contributed by atoms with van der Waals surface area (Å²) >= 11 is 0. The summed E-state index contributed by atoms with van der Waals surface area (Å²) in [5.41, 5.74) is 4.37. The molecule has 0 heterocycles. The van der Waals surface area contributed by atoms with Crippen LogP contribution in [0.1, 0.15) is 29.3 Å². The van der Waals surface area contributed by atoms with Gasteiger partial charge in [-0.05, 0) is 54.1 Å². The van der Waals surface area contributed by atoms with E-state index in [0.29, 0.717) is 23.4 Å². The van der Waals surface area contributed by atoms with E-state index in [-0.39, 0.29) is 11.8 Å². The molecule has 6 heteroatoms. The van der Waals surface area contributed by atoms with Crippen LogP contribution in [0.15, 0.2) is 84.0 Å². The Labute approximate surface area is 169 Å². The maximum Gasteiger partial charge on any atom is 0.271 e. The molecule has 29 heavy (non-hydrogen) atoms. The number of para-hydroxylation sites is 1. The van der Waals surface area contributed by atoms with Crippen molar-refractivity contribution in [3.8, 4) is 11.5 Å². The summed E-state index contributed by atoms with van der Waals surface area (Å²) in [4.78, 5) is 23.6. The van der Waals surface area contributed by atoms with Gasteiger partial charge in [0.2, 0.25) is 5.91 Å². The first-order chi connectivity index (χ1) is 14.1. The lowest BCUT2D eigenvalue weighted by Gasteiger charge is -2.06. The van der Waals surface area contributed by atoms with E-state index in [2.05, 4.69) is 15.8 Å². The van der Waals surface area contributed by atoms with Crippen molar-refractivity contribution < 1.29 is 14.3 Å². The second kappa shape index (κ2) is 9.85. The number of hydrazone groups is 1. The molecule has 2 amide bonds. The van der Waals surface area contributed by atoms with E-state index in [0.717, 1.165) is 11.3 Å². The smallest absolute Gasteiger partial charge is 0.271 e. The minimum atomic E-state index is -0.341. The summed E-state index contributed by atoms with van der Waals surface area (Å²) in [5, 5.41) is 6.73. The fourth-order valence-corrected chi connectivity index (χ4v) is 2.47. The van der Waals surface area contributed by atoms with Crippen LogP contribution in [0.2, 0.25) is 0 Å². The second-order valence-corrected chi connectivity index (χ2v) is 6.17. The molecular weight excluding hydrogens is 366 g/mol. The van der Waals surface area contributed by atoms with Crippen LogP contribution >= 0.6 is 0 Å². The maximum atomic E-state index is 12.2. The lowest BCUT2D eigenvalue weighted by Crippen LogP contribution is -2.17. The summed E-state index contributed by atoms with van der Waals surface area (Å²) < 4.78 is 5.78. The van der Waals surface area contributed by atoms with Crippen molar-refractivity contribution in [1.82, 2.24) is 5.43 Å². The Morgan fingerprint density at radius 3 is 2.38 bits per heavy atom. The quantitative estimate of drug-likeness (QED) is 0.460. The highest BCUT2D eigenvalue weighted by Gasteiger charge is 2.05. The minimum Gasteiger partial charge on any atom is -0.457 e. The number of amides is 2. The molecule has 0 fully saturated rings. The molecule has 0 saturated carbocycles. The summed E-state index contributed by atoms with van der Waals surface area (Å²) in [6.45, 7) is 1.78. The van der Waals surface area contributed by atoms with Gasteiger partial charge >= 0.3 is 0 Å². The molecule has 0 saturated heterocycles. The van der Waals surface area contributed by atoms with Crippen molar-refractivity contribution in [2.75, 3.05) is 5.32 Å². The fourth-order valence-electron chi connectivity index (χ4n) is 2.47. The molecule has 0 bridgehead atoms. The number of anilines is 1. The SMILES string of the molecule is CCC(=O)Nc1ccc(C(=O)N/N=C\c2cccc(Oc3ccccc3)c2)cc1. The number of rotatable bonds is 7. The van der Waals surface area contributed by atoms with Gasteiger partial charge in [-0.25, -0.2) is 5.43 Å². The lowest BCUT2D eigenvalue weighted by molar-refractivity contribution is -0.115. The highest BCUT2D eigenvalue weighted by Crippen LogP contribution is 2.21. The molecule has 0 aliphatic heterocycles. The summed E-state index contributed by atoms with van der Waals surface area (Å²) in [6, 6.07) is 23.5. The zero-order valence-electron chi connectivity index (χ0n) is 16.0. The van der Waals surface area contributed by atoms with Crippen molar-refractivity contribution in [1.29, 1.82) is 0 Å². The molecule has 0 radical (unpaired) electrons. The van der Waals surface area contributed by atoms with Gasteiger partial charge in [0.1, 0.15) is 11.5 Å². The van der Waals surface area contributed by atoms with Crippen LogP contribution in [0.4, 0.5) is 5.69 Å². The number of nitrogens with one attached hydrogen (secondary N) is 2. The first kappa shape index (κ1) is 19.8. The Balaban J connectivity index is 1.57. The predicted molar refractivity (Wildman–Crippen MR) is 113 cm³/mol. The summed E-state index contributed by atoms with van der Waals surface area (Å²) in [5.74, 6) is 1.00. The molecule has 3 aromatic rings. The normalized spacial score (nSPS) is 10.5. The molecule has 0 aliphatic rings. The average molecular weight is 387 g/mol. The van der Waals surface area contributed by atoms with Crippen LogP contribution in [0.25, 0.3) is 0 Å². The molecule has 0 unspecified atom stereocenters. The van der Waals surface area contributed by atoms with E-state index < -0.39 is 0 Å². The Bertz CT molecular complexity index is 999. The van der Waals surface area contributed by atoms with E-state index in [1.807, 2.05) is 54.6 Å².